The Morgan fingerprint density at radius 2 is 1.52 bits per heavy atom. The van der Waals surface area contributed by atoms with Crippen LogP contribution in [0.15, 0.2) is 0 Å². The minimum absolute atomic E-state index is 0.616. The Hall–Kier alpha value is -2.41. The molecule has 1 saturated heterocycles. The fourth-order valence-electron chi connectivity index (χ4n) is 2.32. The number of amides is 1. The Bertz CT molecular complexity index is 595. The van der Waals surface area contributed by atoms with Gasteiger partial charge in [-0.3, -0.25) is 19.2 Å². The second kappa shape index (κ2) is 8.99. The second-order valence-corrected chi connectivity index (χ2v) is 5.51. The molecular weight excluding hydrogens is 383 g/mol. The van der Waals surface area contributed by atoms with Gasteiger partial charge in [-0.05, 0) is 0 Å². The SMILES string of the molecule is CC(=O)OCC1OC(O)C(OC(C)=O)C(NC(=O)C(F)(F)F)C1OC(C)=O. The molecule has 1 fully saturated rings. The summed E-state index contributed by atoms with van der Waals surface area (Å²) < 4.78 is 57.2. The maximum absolute atomic E-state index is 12.6. The van der Waals surface area contributed by atoms with Crippen molar-refractivity contribution in [3.05, 3.63) is 0 Å². The van der Waals surface area contributed by atoms with Crippen LogP contribution in [0.25, 0.3) is 0 Å². The number of aliphatic hydroxyl groups is 1. The predicted octanol–water partition coefficient (Wildman–Crippen LogP) is -0.823. The summed E-state index contributed by atoms with van der Waals surface area (Å²) >= 11 is 0. The van der Waals surface area contributed by atoms with Crippen LogP contribution in [0.1, 0.15) is 20.8 Å². The van der Waals surface area contributed by atoms with Crippen molar-refractivity contribution < 1.29 is 56.4 Å². The first-order valence-electron chi connectivity index (χ1n) is 7.52. The van der Waals surface area contributed by atoms with Gasteiger partial charge in [0.2, 0.25) is 0 Å². The molecule has 0 spiro atoms. The van der Waals surface area contributed by atoms with Crippen LogP contribution in [0.4, 0.5) is 13.2 Å². The van der Waals surface area contributed by atoms with Gasteiger partial charge in [-0.2, -0.15) is 13.2 Å². The predicted molar refractivity (Wildman–Crippen MR) is 76.6 cm³/mol. The first-order chi connectivity index (χ1) is 12.3. The highest BCUT2D eigenvalue weighted by atomic mass is 19.4. The number of rotatable bonds is 5. The first-order valence-corrected chi connectivity index (χ1v) is 7.52. The van der Waals surface area contributed by atoms with Crippen LogP contribution in [-0.4, -0.2) is 72.3 Å². The van der Waals surface area contributed by atoms with Crippen molar-refractivity contribution in [2.45, 2.75) is 57.6 Å². The van der Waals surface area contributed by atoms with Crippen molar-refractivity contribution in [2.24, 2.45) is 0 Å². The van der Waals surface area contributed by atoms with E-state index in [1.165, 1.54) is 5.32 Å². The molecule has 5 atom stereocenters. The quantitative estimate of drug-likeness (QED) is 0.447. The lowest BCUT2D eigenvalue weighted by Gasteiger charge is -2.43. The third kappa shape index (κ3) is 6.67. The fraction of sp³-hybridized carbons (Fsp3) is 0.714. The fourth-order valence-corrected chi connectivity index (χ4v) is 2.32. The molecule has 0 radical (unpaired) electrons. The molecule has 0 bridgehead atoms. The molecule has 1 aliphatic rings. The lowest BCUT2D eigenvalue weighted by Crippen LogP contribution is -2.67. The van der Waals surface area contributed by atoms with Crippen molar-refractivity contribution in [2.75, 3.05) is 6.61 Å². The molecule has 0 saturated carbocycles. The topological polar surface area (TPSA) is 137 Å². The molecule has 1 aliphatic heterocycles. The maximum atomic E-state index is 12.6. The molecule has 5 unspecified atom stereocenters. The van der Waals surface area contributed by atoms with Crippen molar-refractivity contribution >= 4 is 23.8 Å². The second-order valence-electron chi connectivity index (χ2n) is 5.51. The summed E-state index contributed by atoms with van der Waals surface area (Å²) in [5, 5.41) is 11.5. The number of carbonyl (C=O) groups is 4. The normalized spacial score (nSPS) is 28.0. The van der Waals surface area contributed by atoms with Crippen LogP contribution in [0, 0.1) is 0 Å². The smallest absolute Gasteiger partial charge is 0.463 e. The van der Waals surface area contributed by atoms with Gasteiger partial charge in [0.15, 0.2) is 18.5 Å². The minimum Gasteiger partial charge on any atom is -0.463 e. The van der Waals surface area contributed by atoms with Crippen molar-refractivity contribution in [3.8, 4) is 0 Å². The van der Waals surface area contributed by atoms with Gasteiger partial charge >= 0.3 is 30.0 Å². The van der Waals surface area contributed by atoms with E-state index in [1.807, 2.05) is 0 Å². The molecule has 1 heterocycles. The number of aliphatic hydroxyl groups excluding tert-OH is 1. The molecule has 1 amide bonds. The van der Waals surface area contributed by atoms with E-state index in [9.17, 15) is 37.5 Å². The number of ether oxygens (including phenoxy) is 4. The Balaban J connectivity index is 3.23. The largest absolute Gasteiger partial charge is 0.471 e. The molecular formula is C14H18F3NO9. The molecule has 10 nitrogen and oxygen atoms in total. The molecule has 0 aromatic carbocycles. The van der Waals surface area contributed by atoms with E-state index in [0.29, 0.717) is 0 Å². The number of carbonyl (C=O) groups excluding carboxylic acids is 4. The lowest BCUT2D eigenvalue weighted by atomic mass is 9.95. The van der Waals surface area contributed by atoms with Gasteiger partial charge < -0.3 is 29.4 Å². The average molecular weight is 401 g/mol. The van der Waals surface area contributed by atoms with Gasteiger partial charge in [0, 0.05) is 20.8 Å². The summed E-state index contributed by atoms with van der Waals surface area (Å²) in [4.78, 5) is 44.9. The number of halogens is 3. The van der Waals surface area contributed by atoms with Gasteiger partial charge in [0.25, 0.3) is 0 Å². The van der Waals surface area contributed by atoms with E-state index in [0.717, 1.165) is 20.8 Å². The average Bonchev–Trinajstić information content (AvgIpc) is 2.49. The van der Waals surface area contributed by atoms with Gasteiger partial charge in [-0.1, -0.05) is 0 Å². The molecule has 0 aliphatic carbocycles. The molecule has 13 heteroatoms. The summed E-state index contributed by atoms with van der Waals surface area (Å²) in [6.07, 6.45) is -12.2. The lowest BCUT2D eigenvalue weighted by molar-refractivity contribution is -0.272. The Labute approximate surface area is 150 Å². The van der Waals surface area contributed by atoms with Crippen LogP contribution in [-0.2, 0) is 38.1 Å². The summed E-state index contributed by atoms with van der Waals surface area (Å²) in [5.74, 6) is -5.19. The zero-order valence-electron chi connectivity index (χ0n) is 14.4. The molecule has 2 N–H and O–H groups in total. The zero-order chi connectivity index (χ0) is 20.9. The molecule has 0 aromatic rings. The maximum Gasteiger partial charge on any atom is 0.471 e. The molecule has 1 rings (SSSR count). The standard InChI is InChI=1S/C14H18F3NO9/c1-5(19)24-4-8-10(25-6(2)20)9(18-13(23)14(15,16)17)11(12(22)27-8)26-7(3)21/h8-12,22H,4H2,1-3H3,(H,18,23). The summed E-state index contributed by atoms with van der Waals surface area (Å²) in [6.45, 7) is 2.25. The van der Waals surface area contributed by atoms with E-state index in [2.05, 4.69) is 4.74 Å². The number of hydrogen-bond donors (Lipinski definition) is 2. The van der Waals surface area contributed by atoms with Crippen LogP contribution >= 0.6 is 0 Å². The first kappa shape index (κ1) is 22.6. The van der Waals surface area contributed by atoms with Crippen LogP contribution in [0.5, 0.6) is 0 Å². The van der Waals surface area contributed by atoms with E-state index in [-0.39, 0.29) is 0 Å². The summed E-state index contributed by atoms with van der Waals surface area (Å²) in [5.41, 5.74) is 0. The third-order valence-electron chi connectivity index (χ3n) is 3.28. The number of alkyl halides is 3. The highest BCUT2D eigenvalue weighted by Crippen LogP contribution is 2.27. The molecule has 154 valence electrons. The Morgan fingerprint density at radius 3 is 1.96 bits per heavy atom. The van der Waals surface area contributed by atoms with Gasteiger partial charge in [-0.25, -0.2) is 0 Å². The Kier molecular flexibility index (Phi) is 7.54. The van der Waals surface area contributed by atoms with Crippen molar-refractivity contribution in [1.29, 1.82) is 0 Å². The molecule has 0 aromatic heterocycles. The highest BCUT2D eigenvalue weighted by Gasteiger charge is 2.52. The highest BCUT2D eigenvalue weighted by molar-refractivity contribution is 5.82. The van der Waals surface area contributed by atoms with E-state index < -0.39 is 67.2 Å². The van der Waals surface area contributed by atoms with Gasteiger partial charge in [0.05, 0.1) is 0 Å². The zero-order valence-corrected chi connectivity index (χ0v) is 14.4. The summed E-state index contributed by atoms with van der Waals surface area (Å²) in [7, 11) is 0. The number of esters is 3. The minimum atomic E-state index is -5.31. The third-order valence-corrected chi connectivity index (χ3v) is 3.28. The van der Waals surface area contributed by atoms with Gasteiger partial charge in [0.1, 0.15) is 18.8 Å². The van der Waals surface area contributed by atoms with E-state index in [1.54, 1.807) is 0 Å². The van der Waals surface area contributed by atoms with Crippen LogP contribution in [0.3, 0.4) is 0 Å². The number of hydrogen-bond acceptors (Lipinski definition) is 9. The van der Waals surface area contributed by atoms with Gasteiger partial charge in [-0.15, -0.1) is 0 Å². The van der Waals surface area contributed by atoms with E-state index in [4.69, 9.17) is 14.2 Å². The summed E-state index contributed by atoms with van der Waals surface area (Å²) in [6, 6.07) is -1.84. The van der Waals surface area contributed by atoms with Crippen LogP contribution < -0.4 is 5.32 Å². The molecule has 27 heavy (non-hydrogen) atoms. The van der Waals surface area contributed by atoms with Crippen LogP contribution in [0.2, 0.25) is 0 Å². The monoisotopic (exact) mass is 401 g/mol. The van der Waals surface area contributed by atoms with E-state index >= 15 is 0 Å². The number of nitrogens with one attached hydrogen (secondary N) is 1. The Morgan fingerprint density at radius 1 is 1.00 bits per heavy atom. The van der Waals surface area contributed by atoms with Crippen molar-refractivity contribution in [1.82, 2.24) is 5.32 Å². The van der Waals surface area contributed by atoms with Crippen molar-refractivity contribution in [3.63, 3.8) is 0 Å².